The summed E-state index contributed by atoms with van der Waals surface area (Å²) in [6.07, 6.45) is 0. The molecule has 1 heteroatoms. The minimum atomic E-state index is 0.262. The van der Waals surface area contributed by atoms with Gasteiger partial charge in [0.25, 0.3) is 0 Å². The van der Waals surface area contributed by atoms with Crippen LogP contribution in [-0.2, 0) is 0 Å². The summed E-state index contributed by atoms with van der Waals surface area (Å²) in [6.45, 7) is 20.5. The van der Waals surface area contributed by atoms with Crippen LogP contribution < -0.4 is 16.4 Å². The van der Waals surface area contributed by atoms with Crippen LogP contribution in [0.15, 0.2) is 36.4 Å². The van der Waals surface area contributed by atoms with E-state index in [0.29, 0.717) is 0 Å². The third-order valence-corrected chi connectivity index (χ3v) is 7.23. The first-order valence-electron chi connectivity index (χ1n) is 10.3. The zero-order valence-corrected chi connectivity index (χ0v) is 19.0. The largest absolute Gasteiger partial charge is 0.242 e. The van der Waals surface area contributed by atoms with Gasteiger partial charge in [-0.2, -0.15) is 0 Å². The molecule has 0 unspecified atom stereocenters. The predicted molar refractivity (Wildman–Crippen MR) is 127 cm³/mol. The van der Waals surface area contributed by atoms with Gasteiger partial charge in [0.1, 0.15) is 0 Å². The predicted octanol–water partition coefficient (Wildman–Crippen LogP) is 4.98. The molecule has 0 nitrogen and oxygen atoms in total. The van der Waals surface area contributed by atoms with Crippen molar-refractivity contribution >= 4 is 23.1 Å². The Bertz CT molecular complexity index is 920. The summed E-state index contributed by atoms with van der Waals surface area (Å²) in [5.41, 5.74) is 16.9. The minimum Gasteiger partial charge on any atom is -0.0664 e. The van der Waals surface area contributed by atoms with Gasteiger partial charge in [0, 0.05) is 0 Å². The summed E-state index contributed by atoms with van der Waals surface area (Å²) in [6, 6.07) is 13.9. The third kappa shape index (κ3) is 3.32. The van der Waals surface area contributed by atoms with Crippen LogP contribution in [0.4, 0.5) is 0 Å². The lowest BCUT2D eigenvalue weighted by atomic mass is 9.34. The number of rotatable bonds is 3. The van der Waals surface area contributed by atoms with E-state index in [9.17, 15) is 0 Å². The van der Waals surface area contributed by atoms with Gasteiger partial charge < -0.3 is 0 Å². The van der Waals surface area contributed by atoms with Crippen molar-refractivity contribution in [2.75, 3.05) is 0 Å². The molecule has 0 saturated carbocycles. The average Bonchev–Trinajstić information content (AvgIpc) is 2.67. The Kier molecular flexibility index (Phi) is 5.57. The van der Waals surface area contributed by atoms with Crippen molar-refractivity contribution < 1.29 is 0 Å². The molecular weight excluding hydrogens is 335 g/mol. The standard InChI is InChI=1S/C27H33B/c1-16-10-13-25(22(7)19(16)4)28(26-14-11-17(2)20(5)23(26)8)27-15-12-18(3)21(6)24(27)9/h10-15H,1-9H3. The molecule has 0 atom stereocenters. The molecular formula is C27H33B. The van der Waals surface area contributed by atoms with Crippen molar-refractivity contribution in [3.05, 3.63) is 86.5 Å². The highest BCUT2D eigenvalue weighted by Gasteiger charge is 2.28. The second-order valence-electron chi connectivity index (χ2n) is 8.60. The van der Waals surface area contributed by atoms with E-state index in [-0.39, 0.29) is 6.71 Å². The van der Waals surface area contributed by atoms with Gasteiger partial charge in [-0.05, 0) is 95.7 Å². The highest BCUT2D eigenvalue weighted by molar-refractivity contribution is 6.96. The van der Waals surface area contributed by atoms with E-state index in [1.807, 2.05) is 0 Å². The molecule has 0 saturated heterocycles. The Hall–Kier alpha value is -2.28. The Morgan fingerprint density at radius 3 is 0.857 bits per heavy atom. The third-order valence-electron chi connectivity index (χ3n) is 7.23. The van der Waals surface area contributed by atoms with Crippen LogP contribution in [0.2, 0.25) is 0 Å². The lowest BCUT2D eigenvalue weighted by Crippen LogP contribution is -2.55. The molecule has 0 aliphatic heterocycles. The van der Waals surface area contributed by atoms with Crippen LogP contribution >= 0.6 is 0 Å². The molecule has 0 bridgehead atoms. The molecule has 3 aromatic rings. The number of hydrogen-bond donors (Lipinski definition) is 0. The maximum Gasteiger partial charge on any atom is 0.242 e. The van der Waals surface area contributed by atoms with E-state index < -0.39 is 0 Å². The zero-order valence-electron chi connectivity index (χ0n) is 19.0. The normalized spacial score (nSPS) is 11.0. The van der Waals surface area contributed by atoms with Crippen molar-refractivity contribution in [2.24, 2.45) is 0 Å². The smallest absolute Gasteiger partial charge is 0.0664 e. The fraction of sp³-hybridized carbons (Fsp3) is 0.333. The SMILES string of the molecule is Cc1ccc(B(c2ccc(C)c(C)c2C)c2ccc(C)c(C)c2C)c(C)c1C. The van der Waals surface area contributed by atoms with Gasteiger partial charge in [0.2, 0.25) is 6.71 Å². The van der Waals surface area contributed by atoms with Gasteiger partial charge in [-0.25, -0.2) is 0 Å². The quantitative estimate of drug-likeness (QED) is 0.572. The zero-order chi connectivity index (χ0) is 20.7. The lowest BCUT2D eigenvalue weighted by molar-refractivity contribution is 1.27. The first-order chi connectivity index (χ1) is 13.1. The lowest BCUT2D eigenvalue weighted by Gasteiger charge is -2.25. The highest BCUT2D eigenvalue weighted by Crippen LogP contribution is 2.17. The van der Waals surface area contributed by atoms with Gasteiger partial charge in [-0.3, -0.25) is 0 Å². The van der Waals surface area contributed by atoms with E-state index in [0.717, 1.165) is 0 Å². The molecule has 0 aliphatic carbocycles. The van der Waals surface area contributed by atoms with Crippen LogP contribution in [0.25, 0.3) is 0 Å². The number of benzene rings is 3. The Morgan fingerprint density at radius 1 is 0.357 bits per heavy atom. The molecule has 0 spiro atoms. The molecule has 28 heavy (non-hydrogen) atoms. The Balaban J connectivity index is 2.38. The molecule has 0 N–H and O–H groups in total. The molecule has 0 radical (unpaired) electrons. The monoisotopic (exact) mass is 368 g/mol. The summed E-state index contributed by atoms with van der Waals surface area (Å²) < 4.78 is 0. The summed E-state index contributed by atoms with van der Waals surface area (Å²) in [5, 5.41) is 0. The molecule has 0 fully saturated rings. The van der Waals surface area contributed by atoms with Crippen molar-refractivity contribution in [2.45, 2.75) is 62.3 Å². The van der Waals surface area contributed by atoms with E-state index >= 15 is 0 Å². The Labute approximate surface area is 172 Å². The second-order valence-corrected chi connectivity index (χ2v) is 8.60. The van der Waals surface area contributed by atoms with Crippen molar-refractivity contribution in [3.8, 4) is 0 Å². The van der Waals surface area contributed by atoms with E-state index in [4.69, 9.17) is 0 Å². The van der Waals surface area contributed by atoms with Gasteiger partial charge in [-0.1, -0.05) is 69.5 Å². The van der Waals surface area contributed by atoms with Gasteiger partial charge in [-0.15, -0.1) is 0 Å². The van der Waals surface area contributed by atoms with Crippen molar-refractivity contribution in [1.29, 1.82) is 0 Å². The highest BCUT2D eigenvalue weighted by atomic mass is 14.1. The van der Waals surface area contributed by atoms with Crippen molar-refractivity contribution in [3.63, 3.8) is 0 Å². The van der Waals surface area contributed by atoms with Crippen LogP contribution in [0.1, 0.15) is 50.1 Å². The Morgan fingerprint density at radius 2 is 0.607 bits per heavy atom. The summed E-state index contributed by atoms with van der Waals surface area (Å²) >= 11 is 0. The first-order valence-corrected chi connectivity index (χ1v) is 10.3. The fourth-order valence-electron chi connectivity index (χ4n) is 4.37. The fourth-order valence-corrected chi connectivity index (χ4v) is 4.37. The van der Waals surface area contributed by atoms with E-state index in [2.05, 4.69) is 98.7 Å². The van der Waals surface area contributed by atoms with Gasteiger partial charge in [0.05, 0.1) is 0 Å². The topological polar surface area (TPSA) is 0 Å². The average molecular weight is 368 g/mol. The maximum atomic E-state index is 2.35. The molecule has 3 aromatic carbocycles. The second kappa shape index (κ2) is 7.62. The number of aryl methyl sites for hydroxylation is 3. The summed E-state index contributed by atoms with van der Waals surface area (Å²) in [7, 11) is 0. The molecule has 144 valence electrons. The van der Waals surface area contributed by atoms with Crippen LogP contribution in [0.3, 0.4) is 0 Å². The van der Waals surface area contributed by atoms with E-state index in [1.54, 1.807) is 0 Å². The number of hydrogen-bond acceptors (Lipinski definition) is 0. The summed E-state index contributed by atoms with van der Waals surface area (Å²) in [4.78, 5) is 0. The van der Waals surface area contributed by atoms with E-state index in [1.165, 1.54) is 66.5 Å². The maximum absolute atomic E-state index is 2.35. The molecule has 0 heterocycles. The van der Waals surface area contributed by atoms with Crippen molar-refractivity contribution in [1.82, 2.24) is 0 Å². The molecule has 0 amide bonds. The molecule has 0 aromatic heterocycles. The van der Waals surface area contributed by atoms with Gasteiger partial charge >= 0.3 is 0 Å². The minimum absolute atomic E-state index is 0.262. The molecule has 3 rings (SSSR count). The van der Waals surface area contributed by atoms with Crippen LogP contribution in [-0.4, -0.2) is 6.71 Å². The molecule has 0 aliphatic rings. The summed E-state index contributed by atoms with van der Waals surface area (Å²) in [5.74, 6) is 0. The first kappa shape index (κ1) is 20.5. The van der Waals surface area contributed by atoms with Crippen LogP contribution in [0.5, 0.6) is 0 Å². The van der Waals surface area contributed by atoms with Gasteiger partial charge in [0.15, 0.2) is 0 Å². The van der Waals surface area contributed by atoms with Crippen LogP contribution in [0, 0.1) is 62.3 Å².